The Labute approximate surface area is 173 Å². The van der Waals surface area contributed by atoms with Crippen molar-refractivity contribution in [3.05, 3.63) is 42.2 Å². The fourth-order valence-corrected chi connectivity index (χ4v) is 4.28. The molecule has 4 heterocycles. The molecule has 0 spiro atoms. The predicted octanol–water partition coefficient (Wildman–Crippen LogP) is 4.88. The minimum atomic E-state index is -4.52. The van der Waals surface area contributed by atoms with Gasteiger partial charge in [-0.25, -0.2) is 9.97 Å². The number of aromatic nitrogens is 3. The minimum Gasteiger partial charge on any atom is -0.393 e. The summed E-state index contributed by atoms with van der Waals surface area (Å²) < 4.78 is 41.3. The molecule has 0 amide bonds. The number of anilines is 1. The van der Waals surface area contributed by atoms with E-state index in [0.717, 1.165) is 12.5 Å². The van der Waals surface area contributed by atoms with Crippen molar-refractivity contribution in [2.45, 2.75) is 39.0 Å². The molecule has 0 aliphatic carbocycles. The lowest BCUT2D eigenvalue weighted by atomic mass is 9.87. The summed E-state index contributed by atoms with van der Waals surface area (Å²) in [5, 5.41) is 10.9. The zero-order valence-electron chi connectivity index (χ0n) is 16.9. The first kappa shape index (κ1) is 20.7. The number of aromatic amines is 1. The molecule has 0 unspecified atom stereocenters. The van der Waals surface area contributed by atoms with Crippen LogP contribution in [0.15, 0.2) is 36.7 Å². The third-order valence-corrected chi connectivity index (χ3v) is 5.68. The second-order valence-corrected chi connectivity index (χ2v) is 8.36. The van der Waals surface area contributed by atoms with E-state index < -0.39 is 17.8 Å². The number of aliphatic hydroxyl groups excluding tert-OH is 1. The number of hydrogen-bond acceptors (Lipinski definition) is 4. The van der Waals surface area contributed by atoms with Crippen molar-refractivity contribution < 1.29 is 18.3 Å². The van der Waals surface area contributed by atoms with E-state index in [9.17, 15) is 18.3 Å². The van der Waals surface area contributed by atoms with Gasteiger partial charge in [0.15, 0.2) is 0 Å². The Kier molecular flexibility index (Phi) is 5.44. The molecule has 1 fully saturated rings. The summed E-state index contributed by atoms with van der Waals surface area (Å²) in [5.74, 6) is 1.000. The van der Waals surface area contributed by atoms with E-state index >= 15 is 0 Å². The number of alkyl halides is 3. The zero-order valence-corrected chi connectivity index (χ0v) is 16.9. The number of aliphatic hydroxyl groups is 1. The fourth-order valence-electron chi connectivity index (χ4n) is 4.28. The molecule has 3 aromatic rings. The molecule has 5 nitrogen and oxygen atoms in total. The van der Waals surface area contributed by atoms with E-state index in [1.807, 2.05) is 4.90 Å². The van der Waals surface area contributed by atoms with Crippen LogP contribution in [-0.4, -0.2) is 39.3 Å². The molecule has 1 aliphatic heterocycles. The number of nitrogens with zero attached hydrogens (tertiary/aromatic N) is 3. The molecule has 4 rings (SSSR count). The van der Waals surface area contributed by atoms with Gasteiger partial charge in [0.1, 0.15) is 11.5 Å². The summed E-state index contributed by atoms with van der Waals surface area (Å²) in [6.07, 6.45) is -0.361. The topological polar surface area (TPSA) is 65.0 Å². The molecule has 0 radical (unpaired) electrons. The van der Waals surface area contributed by atoms with E-state index in [1.165, 1.54) is 12.3 Å². The number of piperidine rings is 1. The van der Waals surface area contributed by atoms with Gasteiger partial charge in [-0.3, -0.25) is 0 Å². The van der Waals surface area contributed by atoms with Gasteiger partial charge in [0.2, 0.25) is 0 Å². The van der Waals surface area contributed by atoms with E-state index in [1.54, 1.807) is 18.3 Å². The Hall–Kier alpha value is -2.61. The Balaban J connectivity index is 1.76. The summed E-state index contributed by atoms with van der Waals surface area (Å²) in [4.78, 5) is 13.6. The fraction of sp³-hybridized carbons (Fsp3) is 0.455. The van der Waals surface area contributed by atoms with Gasteiger partial charge in [-0.05, 0) is 43.0 Å². The lowest BCUT2D eigenvalue weighted by Crippen LogP contribution is -2.44. The summed E-state index contributed by atoms with van der Waals surface area (Å²) >= 11 is 0. The second kappa shape index (κ2) is 7.91. The van der Waals surface area contributed by atoms with Crippen molar-refractivity contribution in [2.24, 2.45) is 11.8 Å². The van der Waals surface area contributed by atoms with Gasteiger partial charge in [0.05, 0.1) is 17.4 Å². The maximum absolute atomic E-state index is 13.8. The van der Waals surface area contributed by atoms with E-state index in [0.29, 0.717) is 47.8 Å². The zero-order chi connectivity index (χ0) is 21.5. The van der Waals surface area contributed by atoms with Gasteiger partial charge in [0, 0.05) is 42.4 Å². The first-order valence-corrected chi connectivity index (χ1v) is 10.2. The molecule has 0 bridgehead atoms. The van der Waals surface area contributed by atoms with Crippen molar-refractivity contribution in [1.82, 2.24) is 15.0 Å². The van der Waals surface area contributed by atoms with Gasteiger partial charge < -0.3 is 15.0 Å². The highest BCUT2D eigenvalue weighted by Gasteiger charge is 2.36. The van der Waals surface area contributed by atoms with Crippen molar-refractivity contribution in [3.63, 3.8) is 0 Å². The van der Waals surface area contributed by atoms with Gasteiger partial charge in [-0.1, -0.05) is 13.8 Å². The van der Waals surface area contributed by atoms with Crippen LogP contribution in [0.25, 0.3) is 22.3 Å². The van der Waals surface area contributed by atoms with Crippen molar-refractivity contribution in [2.75, 3.05) is 18.0 Å². The number of fused-ring (bicyclic) bond motifs is 1. The summed E-state index contributed by atoms with van der Waals surface area (Å²) in [6.45, 7) is 5.34. The Bertz CT molecular complexity index is 1030. The van der Waals surface area contributed by atoms with E-state index in [-0.39, 0.29) is 11.6 Å². The van der Waals surface area contributed by atoms with Crippen LogP contribution in [0.2, 0.25) is 0 Å². The maximum Gasteiger partial charge on any atom is 0.418 e. The second-order valence-electron chi connectivity index (χ2n) is 8.36. The van der Waals surface area contributed by atoms with Crippen molar-refractivity contribution in [3.8, 4) is 11.3 Å². The maximum atomic E-state index is 13.8. The normalized spacial score (nSPS) is 20.3. The number of rotatable bonds is 4. The Morgan fingerprint density at radius 3 is 2.80 bits per heavy atom. The minimum absolute atomic E-state index is 0.0728. The Morgan fingerprint density at radius 1 is 1.27 bits per heavy atom. The lowest BCUT2D eigenvalue weighted by molar-refractivity contribution is -0.137. The average Bonchev–Trinajstić information content (AvgIpc) is 3.12. The van der Waals surface area contributed by atoms with Crippen LogP contribution >= 0.6 is 0 Å². The molecular formula is C22H25F3N4O. The number of nitrogens with one attached hydrogen (secondary N) is 1. The Morgan fingerprint density at radius 2 is 2.07 bits per heavy atom. The molecule has 0 saturated carbocycles. The molecule has 2 N–H and O–H groups in total. The molecule has 30 heavy (non-hydrogen) atoms. The standard InChI is InChI=1S/C22H25F3N4O/c1-13(2)10-14-12-29(9-7-18(14)30)19-6-5-17(22(23,24)25)20(28-19)16-11-27-21-15(16)4-3-8-26-21/h3-6,8,11,13-14,18,30H,7,9-10,12H2,1-2H3,(H,26,27)/t14-,18-/m0/s1. The van der Waals surface area contributed by atoms with Gasteiger partial charge in [0.25, 0.3) is 0 Å². The predicted molar refractivity (Wildman–Crippen MR) is 110 cm³/mol. The molecule has 3 aromatic heterocycles. The quantitative estimate of drug-likeness (QED) is 0.634. The highest BCUT2D eigenvalue weighted by molar-refractivity contribution is 5.93. The molecule has 1 aliphatic rings. The number of H-pyrrole nitrogens is 1. The van der Waals surface area contributed by atoms with Gasteiger partial charge in [-0.2, -0.15) is 13.2 Å². The average molecular weight is 418 g/mol. The number of halogens is 3. The first-order valence-electron chi connectivity index (χ1n) is 10.2. The summed E-state index contributed by atoms with van der Waals surface area (Å²) in [5.41, 5.74) is 0.0199. The number of pyridine rings is 2. The smallest absolute Gasteiger partial charge is 0.393 e. The molecule has 0 aromatic carbocycles. The van der Waals surface area contributed by atoms with Crippen LogP contribution in [-0.2, 0) is 6.18 Å². The van der Waals surface area contributed by atoms with Gasteiger partial charge >= 0.3 is 6.18 Å². The lowest BCUT2D eigenvalue weighted by Gasteiger charge is -2.38. The molecule has 1 saturated heterocycles. The van der Waals surface area contributed by atoms with Crippen LogP contribution < -0.4 is 4.90 Å². The molecular weight excluding hydrogens is 393 g/mol. The van der Waals surface area contributed by atoms with Crippen LogP contribution in [0.5, 0.6) is 0 Å². The largest absolute Gasteiger partial charge is 0.418 e. The highest BCUT2D eigenvalue weighted by atomic mass is 19.4. The summed E-state index contributed by atoms with van der Waals surface area (Å²) in [6, 6.07) is 5.97. The highest BCUT2D eigenvalue weighted by Crippen LogP contribution is 2.40. The van der Waals surface area contributed by atoms with Crippen molar-refractivity contribution in [1.29, 1.82) is 0 Å². The number of hydrogen-bond donors (Lipinski definition) is 2. The third-order valence-electron chi connectivity index (χ3n) is 5.68. The van der Waals surface area contributed by atoms with E-state index in [2.05, 4.69) is 28.8 Å². The van der Waals surface area contributed by atoms with Crippen LogP contribution in [0.1, 0.15) is 32.3 Å². The van der Waals surface area contributed by atoms with E-state index in [4.69, 9.17) is 0 Å². The third kappa shape index (κ3) is 4.01. The van der Waals surface area contributed by atoms with Crippen molar-refractivity contribution >= 4 is 16.9 Å². The van der Waals surface area contributed by atoms with Crippen LogP contribution in [0, 0.1) is 11.8 Å². The molecule has 160 valence electrons. The van der Waals surface area contributed by atoms with Gasteiger partial charge in [-0.15, -0.1) is 0 Å². The molecule has 8 heteroatoms. The van der Waals surface area contributed by atoms with Crippen LogP contribution in [0.3, 0.4) is 0 Å². The SMILES string of the molecule is CC(C)C[C@H]1CN(c2ccc(C(F)(F)F)c(-c3c[nH]c4ncccc34)n2)CC[C@@H]1O. The monoisotopic (exact) mass is 418 g/mol. The van der Waals surface area contributed by atoms with Crippen LogP contribution in [0.4, 0.5) is 19.0 Å². The first-order chi connectivity index (χ1) is 14.2. The summed E-state index contributed by atoms with van der Waals surface area (Å²) in [7, 11) is 0. The molecule has 2 atom stereocenters.